The molecule has 0 saturated carbocycles. The van der Waals surface area contributed by atoms with Crippen LogP contribution in [0.5, 0.6) is 5.75 Å². The van der Waals surface area contributed by atoms with Crippen molar-refractivity contribution in [1.29, 1.82) is 0 Å². The van der Waals surface area contributed by atoms with E-state index < -0.39 is 0 Å². The highest BCUT2D eigenvalue weighted by molar-refractivity contribution is 6.19. The molecule has 1 saturated heterocycles. The minimum Gasteiger partial charge on any atom is -0.468 e. The highest BCUT2D eigenvalue weighted by atomic mass is 16.6. The molecule has 1 aliphatic heterocycles. The van der Waals surface area contributed by atoms with E-state index in [1.807, 2.05) is 11.0 Å². The van der Waals surface area contributed by atoms with E-state index in [9.17, 15) is 4.79 Å². The molecule has 1 fully saturated rings. The molecule has 1 aliphatic rings. The van der Waals surface area contributed by atoms with Gasteiger partial charge in [0.25, 0.3) is 5.91 Å². The number of nitrogens with zero attached hydrogens (tertiary/aromatic N) is 1. The first kappa shape index (κ1) is 14.3. The average Bonchev–Trinajstić information content (AvgIpc) is 2.99. The van der Waals surface area contributed by atoms with Crippen LogP contribution in [-0.2, 0) is 4.79 Å². The summed E-state index contributed by atoms with van der Waals surface area (Å²) in [5.41, 5.74) is 1.37. The molecule has 1 aromatic carbocycles. The van der Waals surface area contributed by atoms with E-state index in [0.717, 1.165) is 31.5 Å². The number of ether oxygens (including phenoxy) is 1. The normalized spacial score (nSPS) is 15.2. The van der Waals surface area contributed by atoms with Crippen LogP contribution in [-0.4, -0.2) is 35.8 Å². The number of rotatable bonds is 5. The van der Waals surface area contributed by atoms with Crippen LogP contribution in [0.15, 0.2) is 43.0 Å². The second-order valence-corrected chi connectivity index (χ2v) is 4.62. The van der Waals surface area contributed by atoms with Crippen molar-refractivity contribution in [3.63, 3.8) is 0 Å². The van der Waals surface area contributed by atoms with Crippen LogP contribution in [0.25, 0.3) is 5.57 Å². The number of aliphatic hydroxyl groups excluding tert-OH is 1. The summed E-state index contributed by atoms with van der Waals surface area (Å²) in [6.45, 7) is 4.90. The Balaban J connectivity index is 2.28. The molecule has 0 radical (unpaired) electrons. The van der Waals surface area contributed by atoms with Crippen LogP contribution >= 0.6 is 0 Å². The van der Waals surface area contributed by atoms with E-state index in [1.54, 1.807) is 30.4 Å². The smallest absolute Gasteiger partial charge is 0.254 e. The van der Waals surface area contributed by atoms with Crippen molar-refractivity contribution in [1.82, 2.24) is 4.90 Å². The number of amides is 1. The Morgan fingerprint density at radius 2 is 2.15 bits per heavy atom. The summed E-state index contributed by atoms with van der Waals surface area (Å²) in [5.74, 6) is 0.553. The molecule has 0 unspecified atom stereocenters. The van der Waals surface area contributed by atoms with E-state index in [2.05, 4.69) is 6.58 Å². The zero-order valence-corrected chi connectivity index (χ0v) is 11.4. The highest BCUT2D eigenvalue weighted by Crippen LogP contribution is 2.24. The molecule has 106 valence electrons. The maximum Gasteiger partial charge on any atom is 0.254 e. The van der Waals surface area contributed by atoms with E-state index in [4.69, 9.17) is 9.84 Å². The monoisotopic (exact) mass is 273 g/mol. The quantitative estimate of drug-likeness (QED) is 0.508. The minimum atomic E-state index is -0.385. The Hall–Kier alpha value is -2.07. The lowest BCUT2D eigenvalue weighted by molar-refractivity contribution is -0.124. The molecule has 1 heterocycles. The molecule has 1 amide bonds. The van der Waals surface area contributed by atoms with Crippen molar-refractivity contribution in [2.75, 3.05) is 19.9 Å². The SMILES string of the molecule is C=C/C=C(/C(=O)N1CCCC1)c1cccc(OCO)c1. The molecule has 0 atom stereocenters. The molecule has 2 rings (SSSR count). The second kappa shape index (κ2) is 6.91. The molecule has 4 heteroatoms. The molecule has 0 bridgehead atoms. The standard InChI is InChI=1S/C16H19NO3/c1-2-6-15(16(19)17-9-3-4-10-17)13-7-5-8-14(11-13)20-12-18/h2,5-8,11,18H,1,3-4,9-10,12H2/b15-6+. The number of aliphatic hydroxyl groups is 1. The lowest BCUT2D eigenvalue weighted by Gasteiger charge is -2.18. The Bertz CT molecular complexity index is 516. The predicted octanol–water partition coefficient (Wildman–Crippen LogP) is 2.21. The van der Waals surface area contributed by atoms with Gasteiger partial charge in [0, 0.05) is 18.7 Å². The Labute approximate surface area is 119 Å². The fourth-order valence-electron chi connectivity index (χ4n) is 2.33. The zero-order valence-electron chi connectivity index (χ0n) is 11.4. The lowest BCUT2D eigenvalue weighted by atomic mass is 10.0. The zero-order chi connectivity index (χ0) is 14.4. The molecule has 0 aromatic heterocycles. The summed E-state index contributed by atoms with van der Waals surface area (Å²) in [4.78, 5) is 14.4. The van der Waals surface area contributed by atoms with E-state index >= 15 is 0 Å². The van der Waals surface area contributed by atoms with Crippen LogP contribution in [0.1, 0.15) is 18.4 Å². The Morgan fingerprint density at radius 1 is 1.40 bits per heavy atom. The summed E-state index contributed by atoms with van der Waals surface area (Å²) in [6, 6.07) is 7.15. The predicted molar refractivity (Wildman–Crippen MR) is 78.1 cm³/mol. The number of hydrogen-bond donors (Lipinski definition) is 1. The Kier molecular flexibility index (Phi) is 4.96. The van der Waals surface area contributed by atoms with E-state index in [0.29, 0.717) is 11.3 Å². The molecular weight excluding hydrogens is 254 g/mol. The average molecular weight is 273 g/mol. The lowest BCUT2D eigenvalue weighted by Crippen LogP contribution is -2.28. The van der Waals surface area contributed by atoms with Gasteiger partial charge in [0.15, 0.2) is 6.79 Å². The number of carbonyl (C=O) groups excluding carboxylic acids is 1. The van der Waals surface area contributed by atoms with Gasteiger partial charge in [0.2, 0.25) is 0 Å². The van der Waals surface area contributed by atoms with Gasteiger partial charge in [-0.15, -0.1) is 0 Å². The maximum absolute atomic E-state index is 12.5. The number of benzene rings is 1. The highest BCUT2D eigenvalue weighted by Gasteiger charge is 2.22. The van der Waals surface area contributed by atoms with Gasteiger partial charge in [-0.2, -0.15) is 0 Å². The van der Waals surface area contributed by atoms with Crippen LogP contribution in [0.2, 0.25) is 0 Å². The van der Waals surface area contributed by atoms with Crippen LogP contribution in [0, 0.1) is 0 Å². The first-order valence-electron chi connectivity index (χ1n) is 6.72. The Morgan fingerprint density at radius 3 is 2.80 bits per heavy atom. The van der Waals surface area contributed by atoms with Crippen molar-refractivity contribution < 1.29 is 14.6 Å². The van der Waals surface area contributed by atoms with Gasteiger partial charge in [0.05, 0.1) is 0 Å². The molecule has 1 N–H and O–H groups in total. The topological polar surface area (TPSA) is 49.8 Å². The van der Waals surface area contributed by atoms with Crippen LogP contribution in [0.3, 0.4) is 0 Å². The van der Waals surface area contributed by atoms with Crippen LogP contribution in [0.4, 0.5) is 0 Å². The number of allylic oxidation sites excluding steroid dienone is 2. The van der Waals surface area contributed by atoms with Gasteiger partial charge in [-0.25, -0.2) is 0 Å². The van der Waals surface area contributed by atoms with Crippen molar-refractivity contribution >= 4 is 11.5 Å². The summed E-state index contributed by atoms with van der Waals surface area (Å²) >= 11 is 0. The molecule has 1 aromatic rings. The number of carbonyl (C=O) groups is 1. The van der Waals surface area contributed by atoms with Crippen molar-refractivity contribution in [2.45, 2.75) is 12.8 Å². The molecule has 4 nitrogen and oxygen atoms in total. The number of hydrogen-bond acceptors (Lipinski definition) is 3. The van der Waals surface area contributed by atoms with Gasteiger partial charge in [-0.1, -0.05) is 24.8 Å². The van der Waals surface area contributed by atoms with E-state index in [1.165, 1.54) is 0 Å². The summed E-state index contributed by atoms with van der Waals surface area (Å²) < 4.78 is 5.06. The largest absolute Gasteiger partial charge is 0.468 e. The van der Waals surface area contributed by atoms with Crippen molar-refractivity contribution in [3.05, 3.63) is 48.6 Å². The van der Waals surface area contributed by atoms with Gasteiger partial charge < -0.3 is 14.7 Å². The first-order valence-corrected chi connectivity index (χ1v) is 6.72. The maximum atomic E-state index is 12.5. The fourth-order valence-corrected chi connectivity index (χ4v) is 2.33. The molecule has 0 aliphatic carbocycles. The van der Waals surface area contributed by atoms with Gasteiger partial charge >= 0.3 is 0 Å². The van der Waals surface area contributed by atoms with Crippen molar-refractivity contribution in [3.8, 4) is 5.75 Å². The summed E-state index contributed by atoms with van der Waals surface area (Å²) in [6.07, 6.45) is 5.45. The first-order chi connectivity index (χ1) is 9.76. The molecule has 20 heavy (non-hydrogen) atoms. The second-order valence-electron chi connectivity index (χ2n) is 4.62. The minimum absolute atomic E-state index is 0.0172. The third kappa shape index (κ3) is 3.27. The van der Waals surface area contributed by atoms with Gasteiger partial charge in [0.1, 0.15) is 5.75 Å². The van der Waals surface area contributed by atoms with Gasteiger partial charge in [-0.3, -0.25) is 4.79 Å². The summed E-state index contributed by atoms with van der Waals surface area (Å²) in [5, 5.41) is 8.81. The fraction of sp³-hybridized carbons (Fsp3) is 0.312. The number of likely N-dealkylation sites (tertiary alicyclic amines) is 1. The van der Waals surface area contributed by atoms with Crippen LogP contribution < -0.4 is 4.74 Å². The van der Waals surface area contributed by atoms with Gasteiger partial charge in [-0.05, 0) is 36.6 Å². The summed E-state index contributed by atoms with van der Waals surface area (Å²) in [7, 11) is 0. The molecular formula is C16H19NO3. The van der Waals surface area contributed by atoms with E-state index in [-0.39, 0.29) is 12.7 Å². The molecule has 0 spiro atoms. The third-order valence-corrected chi connectivity index (χ3v) is 3.28. The third-order valence-electron chi connectivity index (χ3n) is 3.28. The van der Waals surface area contributed by atoms with Crippen molar-refractivity contribution in [2.24, 2.45) is 0 Å².